The van der Waals surface area contributed by atoms with Gasteiger partial charge >= 0.3 is 0 Å². The van der Waals surface area contributed by atoms with Gasteiger partial charge in [-0.05, 0) is 12.8 Å². The third-order valence-corrected chi connectivity index (χ3v) is 2.14. The highest BCUT2D eigenvalue weighted by Gasteiger charge is 2.11. The number of halogens is 1. The molecule has 2 N–H and O–H groups in total. The molecule has 1 aliphatic heterocycles. The molecule has 3 nitrogen and oxygen atoms in total. The molecule has 0 aromatic carbocycles. The van der Waals surface area contributed by atoms with Crippen LogP contribution in [0.2, 0.25) is 0 Å². The van der Waals surface area contributed by atoms with Crippen LogP contribution in [0, 0.1) is 0 Å². The first-order valence-electron chi connectivity index (χ1n) is 4.45. The maximum atomic E-state index is 8.56. The molecule has 0 saturated carbocycles. The van der Waals surface area contributed by atoms with Gasteiger partial charge in [-0.3, -0.25) is 0 Å². The third kappa shape index (κ3) is 5.09. The van der Waals surface area contributed by atoms with Crippen molar-refractivity contribution in [1.82, 2.24) is 0 Å². The molecule has 4 heteroatoms. The molecule has 1 aliphatic rings. The van der Waals surface area contributed by atoms with Gasteiger partial charge in [0.1, 0.15) is 13.1 Å². The Morgan fingerprint density at radius 1 is 1.17 bits per heavy atom. The Bertz CT molecular complexity index is 97.1. The van der Waals surface area contributed by atoms with E-state index in [1.165, 1.54) is 6.54 Å². The smallest absolute Gasteiger partial charge is 0.101 e. The van der Waals surface area contributed by atoms with Gasteiger partial charge in [0.25, 0.3) is 0 Å². The monoisotopic (exact) mass is 239 g/mol. The topological polar surface area (TPSA) is 33.9 Å². The largest absolute Gasteiger partial charge is 1.00 e. The minimum Gasteiger partial charge on any atom is -1.00 e. The first kappa shape index (κ1) is 12.4. The maximum Gasteiger partial charge on any atom is 0.101 e. The van der Waals surface area contributed by atoms with E-state index in [0.29, 0.717) is 6.61 Å². The van der Waals surface area contributed by atoms with Gasteiger partial charge in [-0.1, -0.05) is 0 Å². The molecule has 0 unspecified atom stereocenters. The zero-order chi connectivity index (χ0) is 7.94. The number of unbranched alkanes of at least 4 members (excludes halogenated alkanes) is 1. The molecule has 0 aromatic rings. The molecule has 0 radical (unpaired) electrons. The van der Waals surface area contributed by atoms with Crippen molar-refractivity contribution in [2.24, 2.45) is 0 Å². The predicted molar refractivity (Wildman–Crippen MR) is 42.7 cm³/mol. The summed E-state index contributed by atoms with van der Waals surface area (Å²) in [6, 6.07) is 0. The zero-order valence-electron chi connectivity index (χ0n) is 7.39. The van der Waals surface area contributed by atoms with E-state index >= 15 is 0 Å². The summed E-state index contributed by atoms with van der Waals surface area (Å²) in [5.41, 5.74) is 0. The molecule has 0 atom stereocenters. The molecular formula is C8H18BrNO2. The first-order valence-corrected chi connectivity index (χ1v) is 4.45. The number of aliphatic hydroxyl groups is 1. The summed E-state index contributed by atoms with van der Waals surface area (Å²) in [4.78, 5) is 1.63. The molecule has 0 spiro atoms. The normalized spacial score (nSPS) is 18.8. The van der Waals surface area contributed by atoms with Gasteiger partial charge in [0.05, 0.1) is 19.8 Å². The van der Waals surface area contributed by atoms with Crippen LogP contribution in [0.3, 0.4) is 0 Å². The van der Waals surface area contributed by atoms with Crippen molar-refractivity contribution in [1.29, 1.82) is 0 Å². The number of rotatable bonds is 4. The molecule has 12 heavy (non-hydrogen) atoms. The highest BCUT2D eigenvalue weighted by atomic mass is 79.9. The Kier molecular flexibility index (Phi) is 8.22. The quantitative estimate of drug-likeness (QED) is 0.487. The van der Waals surface area contributed by atoms with E-state index in [1.807, 2.05) is 0 Å². The molecule has 74 valence electrons. The van der Waals surface area contributed by atoms with Crippen LogP contribution in [0.5, 0.6) is 0 Å². The third-order valence-electron chi connectivity index (χ3n) is 2.14. The van der Waals surface area contributed by atoms with E-state index < -0.39 is 0 Å². The van der Waals surface area contributed by atoms with Gasteiger partial charge < -0.3 is 31.7 Å². The predicted octanol–water partition coefficient (Wildman–Crippen LogP) is -4.32. The van der Waals surface area contributed by atoms with Crippen LogP contribution in [0.4, 0.5) is 0 Å². The fourth-order valence-electron chi connectivity index (χ4n) is 1.40. The molecule has 1 saturated heterocycles. The van der Waals surface area contributed by atoms with E-state index in [0.717, 1.165) is 39.1 Å². The second-order valence-electron chi connectivity index (χ2n) is 3.04. The Labute approximate surface area is 84.5 Å². The summed E-state index contributed by atoms with van der Waals surface area (Å²) in [5, 5.41) is 8.56. The lowest BCUT2D eigenvalue weighted by atomic mass is 10.3. The van der Waals surface area contributed by atoms with Crippen molar-refractivity contribution in [2.45, 2.75) is 12.8 Å². The molecule has 0 aromatic heterocycles. The number of aliphatic hydroxyl groups excluding tert-OH is 1. The molecular weight excluding hydrogens is 222 g/mol. The summed E-state index contributed by atoms with van der Waals surface area (Å²) < 4.78 is 5.24. The van der Waals surface area contributed by atoms with Crippen LogP contribution in [0.25, 0.3) is 0 Å². The Morgan fingerprint density at radius 2 is 1.83 bits per heavy atom. The Balaban J connectivity index is 0.00000121. The second kappa shape index (κ2) is 7.98. The van der Waals surface area contributed by atoms with Gasteiger partial charge in [-0.2, -0.15) is 0 Å². The SMILES string of the molecule is OCCCC[NH+]1CCOCC1.[Br-]. The van der Waals surface area contributed by atoms with E-state index in [2.05, 4.69) is 0 Å². The number of hydrogen-bond donors (Lipinski definition) is 2. The van der Waals surface area contributed by atoms with Crippen LogP contribution < -0.4 is 21.9 Å². The number of quaternary nitrogens is 1. The van der Waals surface area contributed by atoms with Crippen LogP contribution in [-0.2, 0) is 4.74 Å². The molecule has 1 heterocycles. The van der Waals surface area contributed by atoms with Crippen LogP contribution in [0.1, 0.15) is 12.8 Å². The highest BCUT2D eigenvalue weighted by Crippen LogP contribution is 1.82. The first-order chi connectivity index (χ1) is 5.43. The van der Waals surface area contributed by atoms with Gasteiger partial charge in [0.15, 0.2) is 0 Å². The average Bonchev–Trinajstić information content (AvgIpc) is 2.07. The van der Waals surface area contributed by atoms with E-state index in [1.54, 1.807) is 4.90 Å². The van der Waals surface area contributed by atoms with Crippen LogP contribution in [-0.4, -0.2) is 44.6 Å². The minimum atomic E-state index is 0. The van der Waals surface area contributed by atoms with E-state index in [4.69, 9.17) is 9.84 Å². The van der Waals surface area contributed by atoms with Crippen molar-refractivity contribution in [3.63, 3.8) is 0 Å². The summed E-state index contributed by atoms with van der Waals surface area (Å²) in [6.45, 7) is 5.65. The molecule has 0 aliphatic carbocycles. The number of morpholine rings is 1. The fraction of sp³-hybridized carbons (Fsp3) is 1.00. The summed E-state index contributed by atoms with van der Waals surface area (Å²) in [6.07, 6.45) is 2.09. The lowest BCUT2D eigenvalue weighted by Crippen LogP contribution is -3.14. The molecule has 1 fully saturated rings. The summed E-state index contributed by atoms with van der Waals surface area (Å²) >= 11 is 0. The molecule has 1 rings (SSSR count). The maximum absolute atomic E-state index is 8.56. The van der Waals surface area contributed by atoms with Gasteiger partial charge in [-0.15, -0.1) is 0 Å². The Hall–Kier alpha value is 0.360. The summed E-state index contributed by atoms with van der Waals surface area (Å²) in [7, 11) is 0. The van der Waals surface area contributed by atoms with Gasteiger partial charge in [0, 0.05) is 6.61 Å². The number of ether oxygens (including phenoxy) is 1. The van der Waals surface area contributed by atoms with Crippen LogP contribution in [0.15, 0.2) is 0 Å². The van der Waals surface area contributed by atoms with E-state index in [-0.39, 0.29) is 17.0 Å². The highest BCUT2D eigenvalue weighted by molar-refractivity contribution is 4.40. The molecule has 0 bridgehead atoms. The zero-order valence-corrected chi connectivity index (χ0v) is 8.98. The summed E-state index contributed by atoms with van der Waals surface area (Å²) in [5.74, 6) is 0. The fourth-order valence-corrected chi connectivity index (χ4v) is 1.40. The van der Waals surface area contributed by atoms with Gasteiger partial charge in [-0.25, -0.2) is 0 Å². The lowest BCUT2D eigenvalue weighted by molar-refractivity contribution is -0.908. The van der Waals surface area contributed by atoms with Crippen molar-refractivity contribution in [2.75, 3.05) is 39.5 Å². The standard InChI is InChI=1S/C8H17NO2.BrH/c10-6-2-1-3-9-4-7-11-8-5-9;/h10H,1-8H2;1H. The number of nitrogens with one attached hydrogen (secondary N) is 1. The van der Waals surface area contributed by atoms with Crippen LogP contribution >= 0.6 is 0 Å². The lowest BCUT2D eigenvalue weighted by Gasteiger charge is -2.23. The number of hydrogen-bond acceptors (Lipinski definition) is 2. The van der Waals surface area contributed by atoms with Crippen molar-refractivity contribution in [3.8, 4) is 0 Å². The van der Waals surface area contributed by atoms with Crippen molar-refractivity contribution >= 4 is 0 Å². The van der Waals surface area contributed by atoms with Crippen molar-refractivity contribution < 1.29 is 31.7 Å². The second-order valence-corrected chi connectivity index (χ2v) is 3.04. The van der Waals surface area contributed by atoms with Crippen molar-refractivity contribution in [3.05, 3.63) is 0 Å². The molecule has 0 amide bonds. The Morgan fingerprint density at radius 3 is 2.42 bits per heavy atom. The minimum absolute atomic E-state index is 0. The average molecular weight is 240 g/mol. The van der Waals surface area contributed by atoms with E-state index in [9.17, 15) is 0 Å². The van der Waals surface area contributed by atoms with Gasteiger partial charge in [0.2, 0.25) is 0 Å².